The molecule has 0 aliphatic carbocycles. The molecule has 3 heterocycles. The van der Waals surface area contributed by atoms with Crippen LogP contribution in [0.1, 0.15) is 11.1 Å². The molecule has 0 saturated carbocycles. The molecule has 0 atom stereocenters. The molecule has 6 rings (SSSR count). The zero-order valence-corrected chi connectivity index (χ0v) is 20.7. The van der Waals surface area contributed by atoms with Crippen LogP contribution in [0.15, 0.2) is 111 Å². The number of para-hydroxylation sites is 2. The first kappa shape index (κ1) is 23.7. The van der Waals surface area contributed by atoms with Crippen LogP contribution in [0, 0.1) is 0 Å². The van der Waals surface area contributed by atoms with E-state index in [1.54, 1.807) is 36.4 Å². The molecule has 38 heavy (non-hydrogen) atoms. The average Bonchev–Trinajstić information content (AvgIpc) is 2.92. The molecule has 1 aliphatic rings. The number of benzene rings is 3. The largest absolute Gasteiger partial charge is 0.506 e. The number of hydrogen-bond acceptors (Lipinski definition) is 8. The van der Waals surface area contributed by atoms with Gasteiger partial charge in [0.05, 0.1) is 17.6 Å². The summed E-state index contributed by atoms with van der Waals surface area (Å²) in [6.45, 7) is 0.117. The normalized spacial score (nSPS) is 14.7. The molecule has 190 valence electrons. The third-order valence-corrected chi connectivity index (χ3v) is 7.49. The molecule has 3 aromatic carbocycles. The standard InChI is InChI=1S/C28H22N4O5S/c33-25-21-12-7-15-29-27(21)32(17-18-8-6-11-20(16-18)37-19-9-2-1-3-10-19)28(34)24(25)26-30-22-13-4-5-14-23(22)38(35,36)31-26/h1-16,33,35-36H,17H2,(H,30,31). The summed E-state index contributed by atoms with van der Waals surface area (Å²) >= 11 is 0. The summed E-state index contributed by atoms with van der Waals surface area (Å²) < 4.78 is 32.8. The number of fused-ring (bicyclic) bond motifs is 2. The van der Waals surface area contributed by atoms with Gasteiger partial charge in [-0.25, -0.2) is 4.98 Å². The Morgan fingerprint density at radius 2 is 1.66 bits per heavy atom. The number of nitrogens with one attached hydrogen (secondary N) is 1. The van der Waals surface area contributed by atoms with Gasteiger partial charge < -0.3 is 15.2 Å². The minimum atomic E-state index is -3.60. The fourth-order valence-corrected chi connectivity index (χ4v) is 5.55. The average molecular weight is 527 g/mol. The number of pyridine rings is 2. The van der Waals surface area contributed by atoms with Crippen LogP contribution in [0.2, 0.25) is 0 Å². The van der Waals surface area contributed by atoms with Gasteiger partial charge in [0, 0.05) is 6.20 Å². The molecule has 0 spiro atoms. The van der Waals surface area contributed by atoms with E-state index in [0.29, 0.717) is 22.6 Å². The van der Waals surface area contributed by atoms with Crippen molar-refractivity contribution in [2.45, 2.75) is 11.4 Å². The van der Waals surface area contributed by atoms with E-state index in [1.807, 2.05) is 54.6 Å². The van der Waals surface area contributed by atoms with Gasteiger partial charge in [0.1, 0.15) is 33.4 Å². The predicted octanol–water partition coefficient (Wildman–Crippen LogP) is 5.84. The van der Waals surface area contributed by atoms with Crippen LogP contribution < -0.4 is 15.6 Å². The summed E-state index contributed by atoms with van der Waals surface area (Å²) in [5.41, 5.74) is 0.648. The minimum Gasteiger partial charge on any atom is -0.506 e. The molecule has 1 aliphatic heterocycles. The topological polar surface area (TPSA) is 129 Å². The molecular weight excluding hydrogens is 504 g/mol. The summed E-state index contributed by atoms with van der Waals surface area (Å²) in [4.78, 5) is 18.4. The van der Waals surface area contributed by atoms with Crippen LogP contribution in [-0.2, 0) is 6.54 Å². The first-order valence-electron chi connectivity index (χ1n) is 11.7. The predicted molar refractivity (Wildman–Crippen MR) is 147 cm³/mol. The van der Waals surface area contributed by atoms with Gasteiger partial charge in [-0.3, -0.25) is 18.5 Å². The zero-order chi connectivity index (χ0) is 26.3. The number of aromatic nitrogens is 2. The van der Waals surface area contributed by atoms with E-state index < -0.39 is 16.3 Å². The maximum atomic E-state index is 13.9. The van der Waals surface area contributed by atoms with E-state index >= 15 is 0 Å². The van der Waals surface area contributed by atoms with E-state index in [4.69, 9.17) is 4.74 Å². The van der Waals surface area contributed by atoms with Gasteiger partial charge in [-0.15, -0.1) is 4.40 Å². The molecular formula is C28H22N4O5S. The Morgan fingerprint density at radius 1 is 0.895 bits per heavy atom. The fourth-order valence-electron chi connectivity index (χ4n) is 4.38. The monoisotopic (exact) mass is 526 g/mol. The van der Waals surface area contributed by atoms with Gasteiger partial charge in [0.2, 0.25) is 0 Å². The number of ether oxygens (including phenoxy) is 1. The lowest BCUT2D eigenvalue weighted by atomic mass is 10.1. The Hall–Kier alpha value is -4.64. The van der Waals surface area contributed by atoms with Gasteiger partial charge in [-0.1, -0.05) is 53.2 Å². The highest BCUT2D eigenvalue weighted by atomic mass is 32.3. The maximum absolute atomic E-state index is 13.9. The second-order valence-corrected chi connectivity index (χ2v) is 10.3. The highest BCUT2D eigenvalue weighted by molar-refractivity contribution is 8.23. The molecule has 5 aromatic rings. The number of amidine groups is 1. The summed E-state index contributed by atoms with van der Waals surface area (Å²) in [6, 6.07) is 26.5. The van der Waals surface area contributed by atoms with Crippen molar-refractivity contribution in [1.29, 1.82) is 0 Å². The fraction of sp³-hybridized carbons (Fsp3) is 0.0357. The molecule has 10 heteroatoms. The van der Waals surface area contributed by atoms with Gasteiger partial charge in [-0.2, -0.15) is 0 Å². The number of rotatable bonds is 5. The lowest BCUT2D eigenvalue weighted by Gasteiger charge is -2.34. The van der Waals surface area contributed by atoms with Gasteiger partial charge in [0.15, 0.2) is 5.84 Å². The van der Waals surface area contributed by atoms with Crippen molar-refractivity contribution < 1.29 is 18.9 Å². The number of anilines is 1. The van der Waals surface area contributed by atoms with Crippen molar-refractivity contribution >= 4 is 33.3 Å². The maximum Gasteiger partial charge on any atom is 0.267 e. The van der Waals surface area contributed by atoms with Crippen LogP contribution in [-0.4, -0.2) is 29.6 Å². The second kappa shape index (κ2) is 9.34. The molecule has 0 radical (unpaired) electrons. The lowest BCUT2D eigenvalue weighted by molar-refractivity contribution is 0.476. The summed E-state index contributed by atoms with van der Waals surface area (Å²) in [7, 11) is -3.60. The van der Waals surface area contributed by atoms with Crippen molar-refractivity contribution in [3.8, 4) is 17.2 Å². The first-order chi connectivity index (χ1) is 18.4. The smallest absolute Gasteiger partial charge is 0.267 e. The third-order valence-electron chi connectivity index (χ3n) is 6.10. The number of hydrogen-bond donors (Lipinski definition) is 4. The first-order valence-corrected chi connectivity index (χ1v) is 13.2. The Labute approximate surface area is 218 Å². The molecule has 0 bridgehead atoms. The van der Waals surface area contributed by atoms with Crippen molar-refractivity contribution in [3.63, 3.8) is 0 Å². The van der Waals surface area contributed by atoms with Gasteiger partial charge in [0.25, 0.3) is 5.56 Å². The highest BCUT2D eigenvalue weighted by Gasteiger charge is 2.30. The van der Waals surface area contributed by atoms with Crippen LogP contribution in [0.25, 0.3) is 11.0 Å². The Balaban J connectivity index is 1.46. The van der Waals surface area contributed by atoms with E-state index in [9.17, 15) is 19.0 Å². The minimum absolute atomic E-state index is 0.117. The molecule has 9 nitrogen and oxygen atoms in total. The van der Waals surface area contributed by atoms with E-state index in [2.05, 4.69) is 14.7 Å². The zero-order valence-electron chi connectivity index (χ0n) is 19.9. The lowest BCUT2D eigenvalue weighted by Crippen LogP contribution is -2.32. The van der Waals surface area contributed by atoms with Crippen LogP contribution in [0.3, 0.4) is 0 Å². The van der Waals surface area contributed by atoms with Crippen molar-refractivity contribution in [1.82, 2.24) is 9.55 Å². The van der Waals surface area contributed by atoms with Gasteiger partial charge >= 0.3 is 0 Å². The second-order valence-electron chi connectivity index (χ2n) is 8.63. The Bertz CT molecular complexity index is 1770. The molecule has 4 N–H and O–H groups in total. The summed E-state index contributed by atoms with van der Waals surface area (Å²) in [5.74, 6) is 0.798. The molecule has 0 unspecified atom stereocenters. The van der Waals surface area contributed by atoms with E-state index in [1.165, 1.54) is 10.8 Å². The molecule has 0 fully saturated rings. The molecule has 2 aromatic heterocycles. The van der Waals surface area contributed by atoms with Crippen LogP contribution >= 0.6 is 10.8 Å². The van der Waals surface area contributed by atoms with Crippen molar-refractivity contribution in [2.24, 2.45) is 4.40 Å². The van der Waals surface area contributed by atoms with E-state index in [0.717, 1.165) is 5.56 Å². The summed E-state index contributed by atoms with van der Waals surface area (Å²) in [6.07, 6.45) is 1.54. The summed E-state index contributed by atoms with van der Waals surface area (Å²) in [5, 5.41) is 14.4. The highest BCUT2D eigenvalue weighted by Crippen LogP contribution is 2.55. The molecule has 0 amide bonds. The number of aromatic hydroxyl groups is 1. The van der Waals surface area contributed by atoms with Crippen LogP contribution in [0.5, 0.6) is 17.2 Å². The van der Waals surface area contributed by atoms with Gasteiger partial charge in [-0.05, 0) is 54.1 Å². The SMILES string of the molecule is O=c1c(C2=NS(O)(O)c3ccccc3N2)c(O)c2cccnc2n1Cc1cccc(Oc2ccccc2)c1. The Morgan fingerprint density at radius 3 is 2.50 bits per heavy atom. The van der Waals surface area contributed by atoms with E-state index in [-0.39, 0.29) is 34.2 Å². The van der Waals surface area contributed by atoms with Crippen molar-refractivity contribution in [3.05, 3.63) is 119 Å². The Kier molecular flexibility index (Phi) is 5.84. The quantitative estimate of drug-likeness (QED) is 0.226. The van der Waals surface area contributed by atoms with Crippen molar-refractivity contribution in [2.75, 3.05) is 5.32 Å². The molecule has 0 saturated heterocycles. The van der Waals surface area contributed by atoms with Crippen LogP contribution in [0.4, 0.5) is 5.69 Å². The number of nitrogens with zero attached hydrogens (tertiary/aromatic N) is 3. The third kappa shape index (κ3) is 4.26.